The molecule has 0 unspecified atom stereocenters. The third kappa shape index (κ3) is 3.59. The van der Waals surface area contributed by atoms with Crippen LogP contribution in [0.3, 0.4) is 0 Å². The van der Waals surface area contributed by atoms with Crippen LogP contribution in [0.5, 0.6) is 0 Å². The Morgan fingerprint density at radius 3 is 2.52 bits per heavy atom. The normalized spacial score (nSPS) is 25.4. The standard InChI is InChI=1S/C19H23N3O/c1-14-20-9-15(10-21-14)11-22-12-18(16-5-3-2-4-6-16)23-19(13-22)17-7-8-17/h2-6,9-10,17-19H,7-8,11-13H2,1H3/t18-,19+/m0/s1. The summed E-state index contributed by atoms with van der Waals surface area (Å²) in [5.74, 6) is 1.58. The summed E-state index contributed by atoms with van der Waals surface area (Å²) in [4.78, 5) is 11.1. The van der Waals surface area contributed by atoms with Crippen molar-refractivity contribution in [1.29, 1.82) is 0 Å². The maximum atomic E-state index is 6.41. The molecule has 2 aromatic rings. The molecule has 1 aliphatic carbocycles. The van der Waals surface area contributed by atoms with Crippen molar-refractivity contribution in [1.82, 2.24) is 14.9 Å². The van der Waals surface area contributed by atoms with Crippen LogP contribution in [-0.4, -0.2) is 34.1 Å². The molecule has 1 saturated carbocycles. The summed E-state index contributed by atoms with van der Waals surface area (Å²) >= 11 is 0. The third-order valence-corrected chi connectivity index (χ3v) is 4.76. The zero-order valence-electron chi connectivity index (χ0n) is 13.6. The molecular formula is C19H23N3O. The molecule has 1 aromatic heterocycles. The molecule has 2 atom stereocenters. The van der Waals surface area contributed by atoms with Gasteiger partial charge in [-0.25, -0.2) is 9.97 Å². The van der Waals surface area contributed by atoms with E-state index in [1.54, 1.807) is 0 Å². The minimum Gasteiger partial charge on any atom is -0.367 e. The number of nitrogens with zero attached hydrogens (tertiary/aromatic N) is 3. The van der Waals surface area contributed by atoms with Crippen LogP contribution in [0.2, 0.25) is 0 Å². The fraction of sp³-hybridized carbons (Fsp3) is 0.474. The van der Waals surface area contributed by atoms with Crippen molar-refractivity contribution in [3.63, 3.8) is 0 Å². The second-order valence-electron chi connectivity index (χ2n) is 6.74. The van der Waals surface area contributed by atoms with Gasteiger partial charge in [0.1, 0.15) is 5.82 Å². The topological polar surface area (TPSA) is 38.2 Å². The van der Waals surface area contributed by atoms with Crippen molar-refractivity contribution in [2.45, 2.75) is 38.5 Å². The van der Waals surface area contributed by atoms with Crippen LogP contribution in [0.25, 0.3) is 0 Å². The average Bonchev–Trinajstić information content (AvgIpc) is 3.43. The second-order valence-corrected chi connectivity index (χ2v) is 6.74. The zero-order valence-corrected chi connectivity index (χ0v) is 13.6. The SMILES string of the molecule is Cc1ncc(CN2C[C@@H](c3ccccc3)O[C@@H](C3CC3)C2)cn1. The van der Waals surface area contributed by atoms with Gasteiger partial charge < -0.3 is 4.74 Å². The van der Waals surface area contributed by atoms with Crippen molar-refractivity contribution in [2.24, 2.45) is 5.92 Å². The van der Waals surface area contributed by atoms with Crippen molar-refractivity contribution in [2.75, 3.05) is 13.1 Å². The molecule has 1 aliphatic heterocycles. The summed E-state index contributed by atoms with van der Waals surface area (Å²) in [5.41, 5.74) is 2.46. The summed E-state index contributed by atoms with van der Waals surface area (Å²) in [7, 11) is 0. The van der Waals surface area contributed by atoms with E-state index in [9.17, 15) is 0 Å². The molecule has 0 bridgehead atoms. The molecule has 4 heteroatoms. The highest BCUT2D eigenvalue weighted by Crippen LogP contribution is 2.39. The maximum absolute atomic E-state index is 6.41. The van der Waals surface area contributed by atoms with E-state index >= 15 is 0 Å². The molecule has 0 radical (unpaired) electrons. The van der Waals surface area contributed by atoms with Gasteiger partial charge in [-0.2, -0.15) is 0 Å². The Balaban J connectivity index is 1.50. The summed E-state index contributed by atoms with van der Waals surface area (Å²) in [6.07, 6.45) is 7.05. The van der Waals surface area contributed by atoms with E-state index in [0.717, 1.165) is 31.4 Å². The largest absolute Gasteiger partial charge is 0.367 e. The van der Waals surface area contributed by atoms with Crippen LogP contribution in [0.1, 0.15) is 35.9 Å². The predicted molar refractivity (Wildman–Crippen MR) is 88.8 cm³/mol. The van der Waals surface area contributed by atoms with E-state index in [1.165, 1.54) is 24.0 Å². The molecule has 0 N–H and O–H groups in total. The number of benzene rings is 1. The highest BCUT2D eigenvalue weighted by atomic mass is 16.5. The van der Waals surface area contributed by atoms with Gasteiger partial charge in [-0.3, -0.25) is 4.90 Å². The molecule has 4 nitrogen and oxygen atoms in total. The van der Waals surface area contributed by atoms with Crippen LogP contribution < -0.4 is 0 Å². The van der Waals surface area contributed by atoms with Gasteiger partial charge in [0.25, 0.3) is 0 Å². The Labute approximate surface area is 137 Å². The first-order valence-corrected chi connectivity index (χ1v) is 8.48. The monoisotopic (exact) mass is 309 g/mol. The highest BCUT2D eigenvalue weighted by Gasteiger charge is 2.38. The van der Waals surface area contributed by atoms with E-state index < -0.39 is 0 Å². The van der Waals surface area contributed by atoms with Crippen LogP contribution in [0.4, 0.5) is 0 Å². The van der Waals surface area contributed by atoms with Crippen LogP contribution in [0.15, 0.2) is 42.7 Å². The van der Waals surface area contributed by atoms with Gasteiger partial charge in [-0.05, 0) is 31.2 Å². The van der Waals surface area contributed by atoms with Crippen molar-refractivity contribution < 1.29 is 4.74 Å². The number of hydrogen-bond donors (Lipinski definition) is 0. The summed E-state index contributed by atoms with van der Waals surface area (Å²) in [6, 6.07) is 10.6. The molecule has 1 saturated heterocycles. The molecule has 0 spiro atoms. The lowest BCUT2D eigenvalue weighted by molar-refractivity contribution is -0.0986. The number of ether oxygens (including phenoxy) is 1. The molecule has 1 aromatic carbocycles. The minimum absolute atomic E-state index is 0.168. The van der Waals surface area contributed by atoms with Gasteiger partial charge in [-0.15, -0.1) is 0 Å². The Hall–Kier alpha value is -1.78. The quantitative estimate of drug-likeness (QED) is 0.869. The van der Waals surface area contributed by atoms with Crippen LogP contribution >= 0.6 is 0 Å². The molecule has 120 valence electrons. The van der Waals surface area contributed by atoms with Crippen LogP contribution in [0, 0.1) is 12.8 Å². The van der Waals surface area contributed by atoms with Gasteiger partial charge in [0, 0.05) is 37.6 Å². The van der Waals surface area contributed by atoms with Gasteiger partial charge in [0.15, 0.2) is 0 Å². The van der Waals surface area contributed by atoms with Crippen molar-refractivity contribution in [3.8, 4) is 0 Å². The van der Waals surface area contributed by atoms with E-state index in [2.05, 4.69) is 45.2 Å². The smallest absolute Gasteiger partial charge is 0.125 e. The molecule has 23 heavy (non-hydrogen) atoms. The van der Waals surface area contributed by atoms with Crippen molar-refractivity contribution >= 4 is 0 Å². The predicted octanol–water partition coefficient (Wildman–Crippen LogP) is 3.14. The third-order valence-electron chi connectivity index (χ3n) is 4.76. The molecular weight excluding hydrogens is 286 g/mol. The molecule has 2 heterocycles. The Morgan fingerprint density at radius 1 is 1.09 bits per heavy atom. The maximum Gasteiger partial charge on any atom is 0.125 e. The van der Waals surface area contributed by atoms with Crippen LogP contribution in [-0.2, 0) is 11.3 Å². The summed E-state index contributed by atoms with van der Waals surface area (Å²) in [5, 5.41) is 0. The van der Waals surface area contributed by atoms with E-state index in [1.807, 2.05) is 19.3 Å². The van der Waals surface area contributed by atoms with Gasteiger partial charge >= 0.3 is 0 Å². The number of aryl methyl sites for hydroxylation is 1. The molecule has 2 fully saturated rings. The molecule has 0 amide bonds. The Kier molecular flexibility index (Phi) is 4.10. The first kappa shape index (κ1) is 14.8. The van der Waals surface area contributed by atoms with E-state index in [4.69, 9.17) is 4.74 Å². The Morgan fingerprint density at radius 2 is 1.83 bits per heavy atom. The summed E-state index contributed by atoms with van der Waals surface area (Å²) in [6.45, 7) is 4.77. The summed E-state index contributed by atoms with van der Waals surface area (Å²) < 4.78 is 6.41. The number of morpholine rings is 1. The number of aromatic nitrogens is 2. The van der Waals surface area contributed by atoms with E-state index in [-0.39, 0.29) is 6.10 Å². The first-order valence-electron chi connectivity index (χ1n) is 8.48. The average molecular weight is 309 g/mol. The lowest BCUT2D eigenvalue weighted by Crippen LogP contribution is -2.44. The second kappa shape index (κ2) is 6.38. The lowest BCUT2D eigenvalue weighted by atomic mass is 10.0. The van der Waals surface area contributed by atoms with Crippen molar-refractivity contribution in [3.05, 3.63) is 59.7 Å². The van der Waals surface area contributed by atoms with Gasteiger partial charge in [0.05, 0.1) is 12.2 Å². The molecule has 2 aliphatic rings. The number of hydrogen-bond acceptors (Lipinski definition) is 4. The lowest BCUT2D eigenvalue weighted by Gasteiger charge is -2.38. The fourth-order valence-electron chi connectivity index (χ4n) is 3.33. The number of rotatable bonds is 4. The van der Waals surface area contributed by atoms with Gasteiger partial charge in [-0.1, -0.05) is 30.3 Å². The van der Waals surface area contributed by atoms with Gasteiger partial charge in [0.2, 0.25) is 0 Å². The Bertz CT molecular complexity index is 639. The first-order chi connectivity index (χ1) is 11.3. The minimum atomic E-state index is 0.168. The fourth-order valence-corrected chi connectivity index (χ4v) is 3.33. The molecule has 4 rings (SSSR count). The zero-order chi connectivity index (χ0) is 15.6. The van der Waals surface area contributed by atoms with E-state index in [0.29, 0.717) is 6.10 Å². The highest BCUT2D eigenvalue weighted by molar-refractivity contribution is 5.19.